The van der Waals surface area contributed by atoms with Gasteiger partial charge in [0.15, 0.2) is 5.82 Å². The number of aromatic nitrogens is 2. The van der Waals surface area contributed by atoms with Crippen LogP contribution < -0.4 is 10.6 Å². The number of hydrogen-bond acceptors (Lipinski definition) is 3. The molecule has 0 spiro atoms. The zero-order chi connectivity index (χ0) is 14.8. The third kappa shape index (κ3) is 2.79. The Morgan fingerprint density at radius 2 is 2.19 bits per heavy atom. The maximum atomic E-state index is 11.9. The van der Waals surface area contributed by atoms with Crippen LogP contribution in [0.1, 0.15) is 18.2 Å². The highest BCUT2D eigenvalue weighted by Crippen LogP contribution is 2.22. The van der Waals surface area contributed by atoms with Gasteiger partial charge in [-0.15, -0.1) is 0 Å². The second-order valence-electron chi connectivity index (χ2n) is 5.10. The van der Waals surface area contributed by atoms with Crippen LogP contribution in [0, 0.1) is 0 Å². The molecule has 0 bridgehead atoms. The highest BCUT2D eigenvalue weighted by atomic mass is 16.2. The van der Waals surface area contributed by atoms with Crippen molar-refractivity contribution < 1.29 is 9.59 Å². The van der Waals surface area contributed by atoms with Gasteiger partial charge in [-0.1, -0.05) is 30.3 Å². The standard InChI is InChI=1S/C15H16N4O2/c1-10(20)17-12-7-13-14(18-15(12)21)16-9-19(13)8-11-5-3-2-4-6-11/h2-6,9,12H,7-8H2,1H3,(H,17,20)(H,18,21)/t12-/m0/s1. The molecule has 6 nitrogen and oxygen atoms in total. The molecule has 1 aromatic carbocycles. The summed E-state index contributed by atoms with van der Waals surface area (Å²) in [7, 11) is 0. The number of amides is 2. The lowest BCUT2D eigenvalue weighted by Crippen LogP contribution is -2.47. The van der Waals surface area contributed by atoms with E-state index in [4.69, 9.17) is 0 Å². The van der Waals surface area contributed by atoms with Crippen LogP contribution in [-0.4, -0.2) is 27.4 Å². The van der Waals surface area contributed by atoms with Gasteiger partial charge in [0.25, 0.3) is 0 Å². The number of nitrogens with one attached hydrogen (secondary N) is 2. The summed E-state index contributed by atoms with van der Waals surface area (Å²) >= 11 is 0. The van der Waals surface area contributed by atoms with E-state index in [0.717, 1.165) is 11.3 Å². The molecule has 2 amide bonds. The fourth-order valence-electron chi connectivity index (χ4n) is 2.49. The monoisotopic (exact) mass is 284 g/mol. The van der Waals surface area contributed by atoms with Crippen molar-refractivity contribution >= 4 is 17.6 Å². The van der Waals surface area contributed by atoms with Crippen LogP contribution in [0.3, 0.4) is 0 Å². The van der Waals surface area contributed by atoms with Crippen LogP contribution in [0.2, 0.25) is 0 Å². The lowest BCUT2D eigenvalue weighted by Gasteiger charge is -2.23. The molecule has 1 atom stereocenters. The van der Waals surface area contributed by atoms with E-state index in [9.17, 15) is 9.59 Å². The summed E-state index contributed by atoms with van der Waals surface area (Å²) in [6.45, 7) is 2.09. The number of anilines is 1. The van der Waals surface area contributed by atoms with Crippen LogP contribution in [0.5, 0.6) is 0 Å². The molecule has 0 saturated carbocycles. The van der Waals surface area contributed by atoms with Crippen LogP contribution in [0.15, 0.2) is 36.7 Å². The minimum Gasteiger partial charge on any atom is -0.344 e. The quantitative estimate of drug-likeness (QED) is 0.880. The van der Waals surface area contributed by atoms with Gasteiger partial charge in [-0.25, -0.2) is 4.98 Å². The second-order valence-corrected chi connectivity index (χ2v) is 5.10. The average molecular weight is 284 g/mol. The van der Waals surface area contributed by atoms with Crippen molar-refractivity contribution in [1.29, 1.82) is 0 Å². The van der Waals surface area contributed by atoms with Crippen LogP contribution in [-0.2, 0) is 22.6 Å². The van der Waals surface area contributed by atoms with E-state index in [-0.39, 0.29) is 11.8 Å². The Kier molecular flexibility index (Phi) is 3.43. The fourth-order valence-corrected chi connectivity index (χ4v) is 2.49. The maximum absolute atomic E-state index is 11.9. The van der Waals surface area contributed by atoms with Crippen molar-refractivity contribution in [2.24, 2.45) is 0 Å². The SMILES string of the molecule is CC(=O)N[C@H]1Cc2c(ncn2Cc2ccccc2)NC1=O. The zero-order valence-corrected chi connectivity index (χ0v) is 11.7. The van der Waals surface area contributed by atoms with Crippen molar-refractivity contribution in [3.05, 3.63) is 47.9 Å². The van der Waals surface area contributed by atoms with Gasteiger partial charge in [-0.2, -0.15) is 0 Å². The normalized spacial score (nSPS) is 17.0. The van der Waals surface area contributed by atoms with E-state index in [2.05, 4.69) is 15.6 Å². The molecule has 2 N–H and O–H groups in total. The molecule has 1 aromatic heterocycles. The van der Waals surface area contributed by atoms with Crippen molar-refractivity contribution in [3.63, 3.8) is 0 Å². The highest BCUT2D eigenvalue weighted by molar-refractivity contribution is 5.98. The van der Waals surface area contributed by atoms with Gasteiger partial charge in [0.1, 0.15) is 6.04 Å². The fraction of sp³-hybridized carbons (Fsp3) is 0.267. The van der Waals surface area contributed by atoms with Gasteiger partial charge in [-0.3, -0.25) is 9.59 Å². The van der Waals surface area contributed by atoms with Crippen molar-refractivity contribution in [3.8, 4) is 0 Å². The Morgan fingerprint density at radius 1 is 1.43 bits per heavy atom. The Labute approximate surface area is 122 Å². The molecule has 21 heavy (non-hydrogen) atoms. The topological polar surface area (TPSA) is 76.0 Å². The second kappa shape index (κ2) is 5.40. The van der Waals surface area contributed by atoms with Gasteiger partial charge in [0, 0.05) is 19.9 Å². The third-order valence-corrected chi connectivity index (χ3v) is 3.48. The average Bonchev–Trinajstić information content (AvgIpc) is 2.82. The molecule has 1 aliphatic rings. The summed E-state index contributed by atoms with van der Waals surface area (Å²) in [4.78, 5) is 27.3. The molecule has 0 fully saturated rings. The van der Waals surface area contributed by atoms with E-state index in [1.807, 2.05) is 34.9 Å². The number of benzene rings is 1. The smallest absolute Gasteiger partial charge is 0.248 e. The lowest BCUT2D eigenvalue weighted by atomic mass is 10.1. The predicted octanol–water partition coefficient (Wildman–Crippen LogP) is 0.931. The molecule has 3 rings (SSSR count). The Morgan fingerprint density at radius 3 is 2.90 bits per heavy atom. The summed E-state index contributed by atoms with van der Waals surface area (Å²) in [6, 6.07) is 9.49. The van der Waals surface area contributed by atoms with Crippen molar-refractivity contribution in [2.45, 2.75) is 25.9 Å². The largest absolute Gasteiger partial charge is 0.344 e. The maximum Gasteiger partial charge on any atom is 0.248 e. The minimum atomic E-state index is -0.541. The minimum absolute atomic E-state index is 0.215. The number of imidazole rings is 1. The predicted molar refractivity (Wildman–Crippen MR) is 77.7 cm³/mol. The first-order valence-electron chi connectivity index (χ1n) is 6.79. The van der Waals surface area contributed by atoms with E-state index in [1.165, 1.54) is 6.92 Å². The first kappa shape index (κ1) is 13.4. The molecule has 0 radical (unpaired) electrons. The van der Waals surface area contributed by atoms with Gasteiger partial charge >= 0.3 is 0 Å². The number of fused-ring (bicyclic) bond motifs is 1. The van der Waals surface area contributed by atoms with E-state index >= 15 is 0 Å². The summed E-state index contributed by atoms with van der Waals surface area (Å²) in [5.41, 5.74) is 2.09. The molecule has 108 valence electrons. The number of hydrogen-bond donors (Lipinski definition) is 2. The number of carbonyl (C=O) groups is 2. The van der Waals surface area contributed by atoms with Crippen molar-refractivity contribution in [1.82, 2.24) is 14.9 Å². The van der Waals surface area contributed by atoms with E-state index in [1.54, 1.807) is 6.33 Å². The summed E-state index contributed by atoms with van der Waals surface area (Å²) in [6.07, 6.45) is 2.17. The molecular formula is C15H16N4O2. The number of rotatable bonds is 3. The Bertz CT molecular complexity index is 678. The molecule has 0 unspecified atom stereocenters. The first-order chi connectivity index (χ1) is 10.1. The van der Waals surface area contributed by atoms with E-state index < -0.39 is 6.04 Å². The number of carbonyl (C=O) groups excluding carboxylic acids is 2. The molecule has 6 heteroatoms. The van der Waals surface area contributed by atoms with Crippen LogP contribution in [0.25, 0.3) is 0 Å². The summed E-state index contributed by atoms with van der Waals surface area (Å²) < 4.78 is 2.00. The zero-order valence-electron chi connectivity index (χ0n) is 11.7. The van der Waals surface area contributed by atoms with Gasteiger partial charge < -0.3 is 15.2 Å². The summed E-state index contributed by atoms with van der Waals surface area (Å²) in [5, 5.41) is 5.40. The lowest BCUT2D eigenvalue weighted by molar-refractivity contribution is -0.125. The summed E-state index contributed by atoms with van der Waals surface area (Å²) in [5.74, 6) is 0.146. The van der Waals surface area contributed by atoms with Crippen LogP contribution >= 0.6 is 0 Å². The van der Waals surface area contributed by atoms with Gasteiger partial charge in [0.2, 0.25) is 11.8 Å². The number of nitrogens with zero attached hydrogens (tertiary/aromatic N) is 2. The highest BCUT2D eigenvalue weighted by Gasteiger charge is 2.29. The first-order valence-corrected chi connectivity index (χ1v) is 6.79. The van der Waals surface area contributed by atoms with Crippen molar-refractivity contribution in [2.75, 3.05) is 5.32 Å². The third-order valence-electron chi connectivity index (χ3n) is 3.48. The van der Waals surface area contributed by atoms with Gasteiger partial charge in [0.05, 0.1) is 12.0 Å². The molecule has 2 aromatic rings. The molecule has 0 aliphatic carbocycles. The van der Waals surface area contributed by atoms with E-state index in [0.29, 0.717) is 18.8 Å². The molecule has 1 aliphatic heterocycles. The van der Waals surface area contributed by atoms with Crippen LogP contribution in [0.4, 0.5) is 5.82 Å². The molecule has 0 saturated heterocycles. The molecular weight excluding hydrogens is 268 g/mol. The molecule has 2 heterocycles. The Balaban J connectivity index is 1.84. The van der Waals surface area contributed by atoms with Gasteiger partial charge in [-0.05, 0) is 5.56 Å². The Hall–Kier alpha value is -2.63.